The first-order valence-corrected chi connectivity index (χ1v) is 11.3. The lowest BCUT2D eigenvalue weighted by Gasteiger charge is -2.09. The third kappa shape index (κ3) is 4.19. The minimum Gasteiger partial charge on any atom is -0.486 e. The highest BCUT2D eigenvalue weighted by molar-refractivity contribution is 7.98. The van der Waals surface area contributed by atoms with Gasteiger partial charge in [0.2, 0.25) is 5.16 Å². The fourth-order valence-corrected chi connectivity index (χ4v) is 4.57. The number of aryl methyl sites for hydroxylation is 1. The predicted molar refractivity (Wildman–Crippen MR) is 119 cm³/mol. The monoisotopic (exact) mass is 442 g/mol. The predicted octanol–water partition coefficient (Wildman–Crippen LogP) is 3.36. The summed E-state index contributed by atoms with van der Waals surface area (Å²) in [5.74, 6) is 8.33. The number of nitrogen functional groups attached to an aromatic ring is 1. The first-order valence-electron chi connectivity index (χ1n) is 9.44. The van der Waals surface area contributed by atoms with Crippen LogP contribution in [0.3, 0.4) is 0 Å². The number of hydrogen-bond acceptors (Lipinski definition) is 8. The van der Waals surface area contributed by atoms with Crippen LogP contribution in [-0.2, 0) is 12.4 Å². The molecular formula is C20H22N6O2S2. The number of nitrogens with two attached hydrogens (primary N) is 1. The van der Waals surface area contributed by atoms with E-state index in [4.69, 9.17) is 10.6 Å². The lowest BCUT2D eigenvalue weighted by Crippen LogP contribution is -2.16. The van der Waals surface area contributed by atoms with E-state index in [1.54, 1.807) is 10.5 Å². The Labute approximate surface area is 181 Å². The van der Waals surface area contributed by atoms with Gasteiger partial charge in [0.25, 0.3) is 5.56 Å². The van der Waals surface area contributed by atoms with E-state index in [1.165, 1.54) is 33.3 Å². The van der Waals surface area contributed by atoms with Crippen LogP contribution >= 0.6 is 23.1 Å². The Hall–Kier alpha value is -2.85. The van der Waals surface area contributed by atoms with Crippen LogP contribution in [0.15, 0.2) is 45.7 Å². The first-order chi connectivity index (χ1) is 14.4. The van der Waals surface area contributed by atoms with Crippen molar-refractivity contribution in [2.45, 2.75) is 44.2 Å². The van der Waals surface area contributed by atoms with Crippen LogP contribution < -0.4 is 16.1 Å². The number of hydrogen-bond donors (Lipinski definition) is 1. The van der Waals surface area contributed by atoms with E-state index in [9.17, 15) is 4.79 Å². The maximum absolute atomic E-state index is 12.3. The largest absolute Gasteiger partial charge is 0.486 e. The topological polar surface area (TPSA) is 100 Å². The Morgan fingerprint density at radius 3 is 2.73 bits per heavy atom. The van der Waals surface area contributed by atoms with Crippen molar-refractivity contribution in [2.75, 3.05) is 5.84 Å². The Kier molecular flexibility index (Phi) is 5.78. The van der Waals surface area contributed by atoms with Crippen LogP contribution in [0.1, 0.15) is 42.5 Å². The molecule has 3 heterocycles. The molecule has 0 unspecified atom stereocenters. The normalized spacial score (nSPS) is 11.5. The van der Waals surface area contributed by atoms with Gasteiger partial charge < -0.3 is 10.6 Å². The summed E-state index contributed by atoms with van der Waals surface area (Å²) in [4.78, 5) is 17.5. The molecule has 30 heavy (non-hydrogen) atoms. The zero-order valence-electron chi connectivity index (χ0n) is 16.9. The van der Waals surface area contributed by atoms with Gasteiger partial charge in [0.05, 0.1) is 5.69 Å². The van der Waals surface area contributed by atoms with Crippen molar-refractivity contribution in [3.63, 3.8) is 0 Å². The van der Waals surface area contributed by atoms with Gasteiger partial charge in [-0.05, 0) is 30.5 Å². The Balaban J connectivity index is 1.40. The molecule has 4 aromatic rings. The summed E-state index contributed by atoms with van der Waals surface area (Å²) < 4.78 is 8.80. The van der Waals surface area contributed by atoms with E-state index in [0.717, 1.165) is 11.4 Å². The highest BCUT2D eigenvalue weighted by atomic mass is 32.2. The van der Waals surface area contributed by atoms with Crippen molar-refractivity contribution in [2.24, 2.45) is 0 Å². The van der Waals surface area contributed by atoms with E-state index in [0.29, 0.717) is 33.3 Å². The molecule has 0 radical (unpaired) electrons. The van der Waals surface area contributed by atoms with Crippen molar-refractivity contribution in [1.82, 2.24) is 24.3 Å². The fourth-order valence-electron chi connectivity index (χ4n) is 2.91. The van der Waals surface area contributed by atoms with Gasteiger partial charge >= 0.3 is 0 Å². The molecule has 156 valence electrons. The molecule has 0 fully saturated rings. The van der Waals surface area contributed by atoms with Crippen molar-refractivity contribution in [3.05, 3.63) is 68.8 Å². The molecule has 0 saturated carbocycles. The van der Waals surface area contributed by atoms with Gasteiger partial charge in [-0.2, -0.15) is 0 Å². The summed E-state index contributed by atoms with van der Waals surface area (Å²) in [7, 11) is 0. The standard InChI is InChI=1S/C20H22N6O2S2/c1-12(2)14-4-6-16(7-5-14)28-9-17-23-24-20(26(17)21)30-11-15-8-18(27)25-13(3)10-29-19(25)22-15/h4-8,10,12H,9,11,21H2,1-3H3. The van der Waals surface area contributed by atoms with Crippen LogP contribution in [0.2, 0.25) is 0 Å². The number of ether oxygens (including phenoxy) is 1. The SMILES string of the molecule is Cc1csc2nc(CSc3nnc(COc4ccc(C(C)C)cc4)n3N)cc(=O)n12. The summed E-state index contributed by atoms with van der Waals surface area (Å²) in [5, 5.41) is 10.7. The van der Waals surface area contributed by atoms with Crippen LogP contribution in [0, 0.1) is 6.92 Å². The van der Waals surface area contributed by atoms with E-state index in [-0.39, 0.29) is 12.2 Å². The maximum Gasteiger partial charge on any atom is 0.258 e. The van der Waals surface area contributed by atoms with Gasteiger partial charge in [-0.1, -0.05) is 37.7 Å². The fraction of sp³-hybridized carbons (Fsp3) is 0.300. The third-order valence-corrected chi connectivity index (χ3v) is 6.55. The number of thioether (sulfide) groups is 1. The summed E-state index contributed by atoms with van der Waals surface area (Å²) in [6.07, 6.45) is 0. The minimum absolute atomic E-state index is 0.0823. The Bertz CT molecular complexity index is 1230. The van der Waals surface area contributed by atoms with E-state index in [2.05, 4.69) is 41.2 Å². The molecule has 4 rings (SSSR count). The number of aromatic nitrogens is 5. The van der Waals surface area contributed by atoms with Gasteiger partial charge in [-0.3, -0.25) is 9.20 Å². The van der Waals surface area contributed by atoms with Crippen molar-refractivity contribution in [3.8, 4) is 5.75 Å². The second-order valence-corrected chi connectivity index (χ2v) is 8.93. The lowest BCUT2D eigenvalue weighted by molar-refractivity contribution is 0.291. The molecule has 0 spiro atoms. The number of benzene rings is 1. The molecule has 0 bridgehead atoms. The number of nitrogens with zero attached hydrogens (tertiary/aromatic N) is 5. The van der Waals surface area contributed by atoms with E-state index in [1.807, 2.05) is 24.4 Å². The highest BCUT2D eigenvalue weighted by Gasteiger charge is 2.13. The molecule has 0 amide bonds. The Morgan fingerprint density at radius 1 is 1.23 bits per heavy atom. The number of fused-ring (bicyclic) bond motifs is 1. The molecule has 2 N–H and O–H groups in total. The summed E-state index contributed by atoms with van der Waals surface area (Å²) >= 11 is 2.82. The molecular weight excluding hydrogens is 420 g/mol. The van der Waals surface area contributed by atoms with Gasteiger partial charge in [-0.25, -0.2) is 9.66 Å². The summed E-state index contributed by atoms with van der Waals surface area (Å²) in [6, 6.07) is 9.53. The molecule has 8 nitrogen and oxygen atoms in total. The molecule has 3 aromatic heterocycles. The quantitative estimate of drug-likeness (QED) is 0.346. The zero-order valence-corrected chi connectivity index (χ0v) is 18.5. The number of rotatable bonds is 7. The third-order valence-electron chi connectivity index (χ3n) is 4.63. The van der Waals surface area contributed by atoms with Gasteiger partial charge in [0, 0.05) is 22.9 Å². The second kappa shape index (κ2) is 8.49. The molecule has 0 saturated heterocycles. The minimum atomic E-state index is -0.0823. The van der Waals surface area contributed by atoms with Crippen LogP contribution in [0.5, 0.6) is 5.75 Å². The molecule has 10 heteroatoms. The van der Waals surface area contributed by atoms with Gasteiger partial charge in [-0.15, -0.1) is 21.5 Å². The van der Waals surface area contributed by atoms with Crippen LogP contribution in [0.4, 0.5) is 0 Å². The molecule has 0 atom stereocenters. The van der Waals surface area contributed by atoms with E-state index < -0.39 is 0 Å². The van der Waals surface area contributed by atoms with Crippen LogP contribution in [-0.4, -0.2) is 24.3 Å². The van der Waals surface area contributed by atoms with Crippen molar-refractivity contribution in [1.29, 1.82) is 0 Å². The smallest absolute Gasteiger partial charge is 0.258 e. The number of thiazole rings is 1. The highest BCUT2D eigenvalue weighted by Crippen LogP contribution is 2.22. The average molecular weight is 443 g/mol. The first kappa shape index (κ1) is 20.4. The van der Waals surface area contributed by atoms with Crippen LogP contribution in [0.25, 0.3) is 4.96 Å². The zero-order chi connectivity index (χ0) is 21.3. The molecule has 0 aliphatic carbocycles. The summed E-state index contributed by atoms with van der Waals surface area (Å²) in [6.45, 7) is 6.40. The molecule has 0 aliphatic heterocycles. The second-order valence-electron chi connectivity index (χ2n) is 7.15. The average Bonchev–Trinajstić information content (AvgIpc) is 3.28. The van der Waals surface area contributed by atoms with Crippen molar-refractivity contribution < 1.29 is 4.74 Å². The van der Waals surface area contributed by atoms with Gasteiger partial charge in [0.1, 0.15) is 12.4 Å². The summed E-state index contributed by atoms with van der Waals surface area (Å²) in [5.41, 5.74) is 2.74. The van der Waals surface area contributed by atoms with Gasteiger partial charge in [0.15, 0.2) is 10.8 Å². The molecule has 0 aliphatic rings. The Morgan fingerprint density at radius 2 is 2.00 bits per heavy atom. The van der Waals surface area contributed by atoms with Crippen molar-refractivity contribution >= 4 is 28.1 Å². The van der Waals surface area contributed by atoms with E-state index >= 15 is 0 Å². The lowest BCUT2D eigenvalue weighted by atomic mass is 10.0. The maximum atomic E-state index is 12.3. The molecule has 1 aromatic carbocycles.